The summed E-state index contributed by atoms with van der Waals surface area (Å²) in [5.41, 5.74) is 1.25. The van der Waals surface area contributed by atoms with Crippen LogP contribution in [0.1, 0.15) is 25.0 Å². The molecule has 0 N–H and O–H groups in total. The molecular weight excluding hydrogens is 276 g/mol. The van der Waals surface area contributed by atoms with E-state index in [2.05, 4.69) is 6.58 Å². The number of hydrogen-bond acceptors (Lipinski definition) is 3. The molecule has 1 aromatic rings. The SMILES string of the molecule is C=CC(C)(Cc1cc(Cl)cc2c1OCC2)C(=O)OCC. The summed E-state index contributed by atoms with van der Waals surface area (Å²) in [5.74, 6) is 0.577. The molecule has 1 heterocycles. The lowest BCUT2D eigenvalue weighted by Crippen LogP contribution is -2.30. The van der Waals surface area contributed by atoms with Gasteiger partial charge in [0.25, 0.3) is 0 Å². The molecule has 1 unspecified atom stereocenters. The van der Waals surface area contributed by atoms with E-state index in [-0.39, 0.29) is 5.97 Å². The van der Waals surface area contributed by atoms with Crippen LogP contribution in [0.2, 0.25) is 5.02 Å². The summed E-state index contributed by atoms with van der Waals surface area (Å²) in [6.07, 6.45) is 2.96. The van der Waals surface area contributed by atoms with E-state index in [0.29, 0.717) is 24.7 Å². The van der Waals surface area contributed by atoms with Crippen molar-refractivity contribution in [3.63, 3.8) is 0 Å². The quantitative estimate of drug-likeness (QED) is 0.615. The molecule has 108 valence electrons. The van der Waals surface area contributed by atoms with Crippen molar-refractivity contribution in [2.24, 2.45) is 5.41 Å². The highest BCUT2D eigenvalue weighted by Gasteiger charge is 2.33. The number of carbonyl (C=O) groups is 1. The first-order chi connectivity index (χ1) is 9.50. The number of fused-ring (bicyclic) bond motifs is 1. The predicted molar refractivity (Wildman–Crippen MR) is 79.3 cm³/mol. The molecule has 3 nitrogen and oxygen atoms in total. The summed E-state index contributed by atoms with van der Waals surface area (Å²) >= 11 is 6.14. The third kappa shape index (κ3) is 2.83. The highest BCUT2D eigenvalue weighted by molar-refractivity contribution is 6.30. The maximum atomic E-state index is 12.1. The summed E-state index contributed by atoms with van der Waals surface area (Å²) in [5, 5.41) is 0.666. The minimum absolute atomic E-state index is 0.276. The lowest BCUT2D eigenvalue weighted by Gasteiger charge is -2.24. The Labute approximate surface area is 124 Å². The van der Waals surface area contributed by atoms with Crippen LogP contribution >= 0.6 is 11.6 Å². The van der Waals surface area contributed by atoms with Crippen LogP contribution in [0.5, 0.6) is 5.75 Å². The van der Waals surface area contributed by atoms with Gasteiger partial charge in [0.2, 0.25) is 0 Å². The first-order valence-corrected chi connectivity index (χ1v) is 7.13. The zero-order valence-electron chi connectivity index (χ0n) is 11.9. The number of halogens is 1. The van der Waals surface area contributed by atoms with E-state index in [4.69, 9.17) is 21.1 Å². The van der Waals surface area contributed by atoms with Crippen LogP contribution < -0.4 is 4.74 Å². The van der Waals surface area contributed by atoms with Crippen LogP contribution in [0.4, 0.5) is 0 Å². The third-order valence-corrected chi connectivity index (χ3v) is 3.79. The van der Waals surface area contributed by atoms with E-state index in [1.807, 2.05) is 19.1 Å². The maximum absolute atomic E-state index is 12.1. The first kappa shape index (κ1) is 14.9. The fraction of sp³-hybridized carbons (Fsp3) is 0.438. The average Bonchev–Trinajstić information content (AvgIpc) is 2.87. The smallest absolute Gasteiger partial charge is 0.315 e. The van der Waals surface area contributed by atoms with Crippen molar-refractivity contribution in [2.45, 2.75) is 26.7 Å². The van der Waals surface area contributed by atoms with Gasteiger partial charge in [-0.1, -0.05) is 17.7 Å². The zero-order chi connectivity index (χ0) is 14.8. The van der Waals surface area contributed by atoms with Crippen molar-refractivity contribution >= 4 is 17.6 Å². The molecule has 20 heavy (non-hydrogen) atoms. The molecule has 1 aromatic carbocycles. The molecule has 0 amide bonds. The third-order valence-electron chi connectivity index (χ3n) is 3.58. The summed E-state index contributed by atoms with van der Waals surface area (Å²) in [6, 6.07) is 3.77. The Kier molecular flexibility index (Phi) is 4.39. The average molecular weight is 295 g/mol. The topological polar surface area (TPSA) is 35.5 Å². The van der Waals surface area contributed by atoms with Crippen molar-refractivity contribution in [1.29, 1.82) is 0 Å². The normalized spacial score (nSPS) is 15.9. The molecule has 1 aliphatic rings. The molecule has 0 aromatic heterocycles. The molecule has 0 fully saturated rings. The maximum Gasteiger partial charge on any atom is 0.315 e. The van der Waals surface area contributed by atoms with Gasteiger partial charge in [-0.2, -0.15) is 0 Å². The molecule has 0 aliphatic carbocycles. The van der Waals surface area contributed by atoms with Gasteiger partial charge in [0.15, 0.2) is 0 Å². The van der Waals surface area contributed by atoms with Crippen LogP contribution in [0.25, 0.3) is 0 Å². The van der Waals surface area contributed by atoms with Crippen molar-refractivity contribution in [3.8, 4) is 5.75 Å². The Morgan fingerprint density at radius 3 is 3.00 bits per heavy atom. The van der Waals surface area contributed by atoms with E-state index in [1.54, 1.807) is 13.0 Å². The van der Waals surface area contributed by atoms with Crippen molar-refractivity contribution < 1.29 is 14.3 Å². The lowest BCUT2D eigenvalue weighted by atomic mass is 9.83. The minimum atomic E-state index is -0.777. The molecule has 1 atom stereocenters. The Balaban J connectivity index is 2.33. The molecule has 0 spiro atoms. The minimum Gasteiger partial charge on any atom is -0.493 e. The standard InChI is InChI=1S/C16H19ClO3/c1-4-16(3,15(18)19-5-2)10-12-9-13(17)8-11-6-7-20-14(11)12/h4,8-9H,1,5-7,10H2,2-3H3. The summed E-state index contributed by atoms with van der Waals surface area (Å²) in [4.78, 5) is 12.1. The Morgan fingerprint density at radius 2 is 2.35 bits per heavy atom. The highest BCUT2D eigenvalue weighted by atomic mass is 35.5. The molecule has 4 heteroatoms. The number of carbonyl (C=O) groups excluding carboxylic acids is 1. The van der Waals surface area contributed by atoms with Crippen LogP contribution in [0, 0.1) is 5.41 Å². The van der Waals surface area contributed by atoms with Crippen molar-refractivity contribution in [2.75, 3.05) is 13.2 Å². The number of hydrogen-bond donors (Lipinski definition) is 0. The molecule has 0 bridgehead atoms. The van der Waals surface area contributed by atoms with E-state index in [0.717, 1.165) is 23.3 Å². The molecular formula is C16H19ClO3. The van der Waals surface area contributed by atoms with Crippen molar-refractivity contribution in [3.05, 3.63) is 40.9 Å². The van der Waals surface area contributed by atoms with Gasteiger partial charge >= 0.3 is 5.97 Å². The second-order valence-corrected chi connectivity index (χ2v) is 5.61. The summed E-state index contributed by atoms with van der Waals surface area (Å²) in [7, 11) is 0. The molecule has 0 saturated heterocycles. The summed E-state index contributed by atoms with van der Waals surface area (Å²) < 4.78 is 10.8. The highest BCUT2D eigenvalue weighted by Crippen LogP contribution is 2.37. The fourth-order valence-corrected chi connectivity index (χ4v) is 2.66. The van der Waals surface area contributed by atoms with Crippen LogP contribution in [-0.2, 0) is 22.4 Å². The largest absolute Gasteiger partial charge is 0.493 e. The van der Waals surface area contributed by atoms with Gasteiger partial charge in [-0.3, -0.25) is 4.79 Å². The molecule has 0 saturated carbocycles. The predicted octanol–water partition coefficient (Wildman–Crippen LogP) is 3.57. The molecule has 2 rings (SSSR count). The Hall–Kier alpha value is -1.48. The number of ether oxygens (including phenoxy) is 2. The number of benzene rings is 1. The van der Waals surface area contributed by atoms with Crippen LogP contribution in [0.15, 0.2) is 24.8 Å². The Morgan fingerprint density at radius 1 is 1.60 bits per heavy atom. The van der Waals surface area contributed by atoms with Gasteiger partial charge in [0.1, 0.15) is 5.75 Å². The van der Waals surface area contributed by atoms with Gasteiger partial charge in [-0.15, -0.1) is 6.58 Å². The summed E-state index contributed by atoms with van der Waals surface area (Å²) in [6.45, 7) is 8.40. The van der Waals surface area contributed by atoms with Gasteiger partial charge in [0.05, 0.1) is 18.6 Å². The van der Waals surface area contributed by atoms with E-state index >= 15 is 0 Å². The first-order valence-electron chi connectivity index (χ1n) is 6.75. The van der Waals surface area contributed by atoms with Gasteiger partial charge in [-0.05, 0) is 43.5 Å². The van der Waals surface area contributed by atoms with E-state index in [9.17, 15) is 4.79 Å². The van der Waals surface area contributed by atoms with Crippen LogP contribution in [-0.4, -0.2) is 19.2 Å². The van der Waals surface area contributed by atoms with E-state index < -0.39 is 5.41 Å². The van der Waals surface area contributed by atoms with Crippen molar-refractivity contribution in [1.82, 2.24) is 0 Å². The molecule has 0 radical (unpaired) electrons. The fourth-order valence-electron chi connectivity index (χ4n) is 2.40. The van der Waals surface area contributed by atoms with Gasteiger partial charge in [-0.25, -0.2) is 0 Å². The molecule has 1 aliphatic heterocycles. The zero-order valence-corrected chi connectivity index (χ0v) is 12.6. The Bertz CT molecular complexity index is 539. The number of rotatable bonds is 5. The van der Waals surface area contributed by atoms with Gasteiger partial charge in [0, 0.05) is 11.4 Å². The van der Waals surface area contributed by atoms with Crippen LogP contribution in [0.3, 0.4) is 0 Å². The monoisotopic (exact) mass is 294 g/mol. The van der Waals surface area contributed by atoms with Gasteiger partial charge < -0.3 is 9.47 Å². The lowest BCUT2D eigenvalue weighted by molar-refractivity contribution is -0.151. The second kappa shape index (κ2) is 5.88. The second-order valence-electron chi connectivity index (χ2n) is 5.17. The van der Waals surface area contributed by atoms with E-state index in [1.165, 1.54) is 0 Å². The number of esters is 1.